The lowest BCUT2D eigenvalue weighted by Crippen LogP contribution is -2.12. The smallest absolute Gasteiger partial charge is 0.329 e. The molecule has 0 heterocycles. The minimum absolute atomic E-state index is 0.159. The minimum Gasteiger partial charge on any atom is -0.501 e. The molecule has 118 valence electrons. The summed E-state index contributed by atoms with van der Waals surface area (Å²) in [6.07, 6.45) is 0. The predicted molar refractivity (Wildman–Crippen MR) is 80.8 cm³/mol. The van der Waals surface area contributed by atoms with E-state index in [1.54, 1.807) is 0 Å². The van der Waals surface area contributed by atoms with Crippen LogP contribution in [0.2, 0.25) is 5.02 Å². The average molecular weight is 338 g/mol. The van der Waals surface area contributed by atoms with Crippen molar-refractivity contribution in [2.45, 2.75) is 0 Å². The number of hydrogen-bond acceptors (Lipinski definition) is 6. The highest BCUT2D eigenvalue weighted by atomic mass is 35.5. The maximum absolute atomic E-state index is 12.1. The first-order valence-electron chi connectivity index (χ1n) is 6.03. The summed E-state index contributed by atoms with van der Waals surface area (Å²) in [5, 5.41) is 33.3. The van der Waals surface area contributed by atoms with Crippen molar-refractivity contribution in [3.63, 3.8) is 0 Å². The first-order valence-corrected chi connectivity index (χ1v) is 6.40. The number of nitro benzene ring substituents is 2. The molecule has 2 aromatic carbocycles. The number of amides is 1. The Morgan fingerprint density at radius 3 is 2.17 bits per heavy atom. The molecule has 0 aliphatic heterocycles. The molecular formula is C13H8ClN3O6. The van der Waals surface area contributed by atoms with Crippen molar-refractivity contribution in [3.05, 3.63) is 67.2 Å². The van der Waals surface area contributed by atoms with E-state index in [2.05, 4.69) is 5.32 Å². The Morgan fingerprint density at radius 1 is 1.04 bits per heavy atom. The molecule has 2 rings (SSSR count). The summed E-state index contributed by atoms with van der Waals surface area (Å²) in [6, 6.07) is 7.18. The lowest BCUT2D eigenvalue weighted by Gasteiger charge is -2.07. The molecule has 23 heavy (non-hydrogen) atoms. The number of anilines is 1. The van der Waals surface area contributed by atoms with Crippen LogP contribution in [0.15, 0.2) is 36.4 Å². The average Bonchev–Trinajstić information content (AvgIpc) is 2.47. The number of aromatic hydroxyl groups is 1. The number of nitrogens with zero attached hydrogens (tertiary/aromatic N) is 2. The number of carbonyl (C=O) groups excluding carboxylic acids is 1. The first kappa shape index (κ1) is 16.2. The standard InChI is InChI=1S/C13H8ClN3O6/c14-10-6-5-9(12(18)11(10)17(22)23)13(19)15-7-1-3-8(4-2-7)16(20)21/h1-6,18H,(H,15,19). The number of hydrogen-bond donors (Lipinski definition) is 2. The third-order valence-corrected chi connectivity index (χ3v) is 3.17. The number of nitro groups is 2. The number of phenols is 1. The van der Waals surface area contributed by atoms with Gasteiger partial charge in [-0.3, -0.25) is 25.0 Å². The predicted octanol–water partition coefficient (Wildman–Crippen LogP) is 3.11. The fraction of sp³-hybridized carbons (Fsp3) is 0. The van der Waals surface area contributed by atoms with Crippen molar-refractivity contribution in [1.29, 1.82) is 0 Å². The first-order chi connectivity index (χ1) is 10.8. The van der Waals surface area contributed by atoms with E-state index in [0.717, 1.165) is 12.1 Å². The zero-order chi connectivity index (χ0) is 17.1. The molecule has 0 aliphatic rings. The van der Waals surface area contributed by atoms with Crippen molar-refractivity contribution in [2.24, 2.45) is 0 Å². The molecule has 0 radical (unpaired) electrons. The van der Waals surface area contributed by atoms with E-state index in [9.17, 15) is 30.1 Å². The number of phenolic OH excluding ortho intramolecular Hbond substituents is 1. The largest absolute Gasteiger partial charge is 0.501 e. The zero-order valence-corrected chi connectivity index (χ0v) is 12.0. The highest BCUT2D eigenvalue weighted by Gasteiger charge is 2.25. The lowest BCUT2D eigenvalue weighted by atomic mass is 10.1. The van der Waals surface area contributed by atoms with E-state index >= 15 is 0 Å². The summed E-state index contributed by atoms with van der Waals surface area (Å²) < 4.78 is 0. The minimum atomic E-state index is -0.902. The Labute approximate surface area is 133 Å². The Bertz CT molecular complexity index is 806. The van der Waals surface area contributed by atoms with E-state index in [4.69, 9.17) is 11.6 Å². The van der Waals surface area contributed by atoms with E-state index in [1.165, 1.54) is 24.3 Å². The monoisotopic (exact) mass is 337 g/mol. The zero-order valence-electron chi connectivity index (χ0n) is 11.2. The number of nitrogens with one attached hydrogen (secondary N) is 1. The molecule has 0 bridgehead atoms. The van der Waals surface area contributed by atoms with Gasteiger partial charge in [-0.05, 0) is 24.3 Å². The molecular weight excluding hydrogens is 330 g/mol. The highest BCUT2D eigenvalue weighted by Crippen LogP contribution is 2.36. The van der Waals surface area contributed by atoms with E-state index in [-0.39, 0.29) is 22.0 Å². The molecule has 2 N–H and O–H groups in total. The van der Waals surface area contributed by atoms with Gasteiger partial charge in [0, 0.05) is 17.8 Å². The van der Waals surface area contributed by atoms with Crippen LogP contribution in [0.1, 0.15) is 10.4 Å². The van der Waals surface area contributed by atoms with Gasteiger partial charge in [-0.25, -0.2) is 0 Å². The fourth-order valence-corrected chi connectivity index (χ4v) is 2.00. The molecule has 0 fully saturated rings. The molecule has 0 aromatic heterocycles. The Kier molecular flexibility index (Phi) is 4.42. The van der Waals surface area contributed by atoms with Gasteiger partial charge in [-0.15, -0.1) is 0 Å². The molecule has 10 heteroatoms. The van der Waals surface area contributed by atoms with E-state index in [1.807, 2.05) is 0 Å². The van der Waals surface area contributed by atoms with Crippen molar-refractivity contribution in [1.82, 2.24) is 0 Å². The number of rotatable bonds is 4. The number of non-ortho nitro benzene ring substituents is 1. The van der Waals surface area contributed by atoms with Crippen LogP contribution in [0.3, 0.4) is 0 Å². The van der Waals surface area contributed by atoms with Crippen LogP contribution in [-0.2, 0) is 0 Å². The molecule has 0 saturated carbocycles. The van der Waals surface area contributed by atoms with Crippen LogP contribution in [-0.4, -0.2) is 20.9 Å². The second-order valence-electron chi connectivity index (χ2n) is 4.31. The molecule has 0 aliphatic carbocycles. The summed E-state index contributed by atoms with van der Waals surface area (Å²) in [7, 11) is 0. The maximum Gasteiger partial charge on any atom is 0.329 e. The van der Waals surface area contributed by atoms with Gasteiger partial charge in [-0.2, -0.15) is 0 Å². The van der Waals surface area contributed by atoms with E-state index in [0.29, 0.717) is 0 Å². The van der Waals surface area contributed by atoms with Gasteiger partial charge < -0.3 is 10.4 Å². The van der Waals surface area contributed by atoms with Crippen LogP contribution < -0.4 is 5.32 Å². The van der Waals surface area contributed by atoms with Crippen LogP contribution >= 0.6 is 11.6 Å². The molecule has 1 amide bonds. The quantitative estimate of drug-likeness (QED) is 0.649. The van der Waals surface area contributed by atoms with Gasteiger partial charge in [0.1, 0.15) is 5.02 Å². The normalized spacial score (nSPS) is 10.1. The van der Waals surface area contributed by atoms with Crippen LogP contribution in [0.25, 0.3) is 0 Å². The number of carbonyl (C=O) groups is 1. The van der Waals surface area contributed by atoms with Crippen molar-refractivity contribution in [2.75, 3.05) is 5.32 Å². The maximum atomic E-state index is 12.1. The molecule has 2 aromatic rings. The van der Waals surface area contributed by atoms with Gasteiger partial charge in [0.25, 0.3) is 11.6 Å². The van der Waals surface area contributed by atoms with Crippen LogP contribution in [0.4, 0.5) is 17.1 Å². The molecule has 0 spiro atoms. The Hall–Kier alpha value is -3.20. The van der Waals surface area contributed by atoms with Crippen molar-refractivity contribution >= 4 is 34.6 Å². The van der Waals surface area contributed by atoms with Crippen LogP contribution in [0, 0.1) is 20.2 Å². The number of halogens is 1. The second kappa shape index (κ2) is 6.28. The van der Waals surface area contributed by atoms with Gasteiger partial charge in [0.05, 0.1) is 15.4 Å². The fourth-order valence-electron chi connectivity index (χ4n) is 1.78. The second-order valence-corrected chi connectivity index (χ2v) is 4.71. The topological polar surface area (TPSA) is 136 Å². The Morgan fingerprint density at radius 2 is 1.65 bits per heavy atom. The Balaban J connectivity index is 2.29. The third-order valence-electron chi connectivity index (χ3n) is 2.87. The summed E-state index contributed by atoms with van der Waals surface area (Å²) in [5.41, 5.74) is -1.06. The van der Waals surface area contributed by atoms with Crippen molar-refractivity contribution in [3.8, 4) is 5.75 Å². The SMILES string of the molecule is O=C(Nc1ccc([N+](=O)[O-])cc1)c1ccc(Cl)c([N+](=O)[O-])c1O. The number of benzene rings is 2. The summed E-state index contributed by atoms with van der Waals surface area (Å²) in [5.74, 6) is -1.68. The van der Waals surface area contributed by atoms with Crippen molar-refractivity contribution < 1.29 is 19.7 Å². The molecule has 0 saturated heterocycles. The molecule has 0 unspecified atom stereocenters. The molecule has 9 nitrogen and oxygen atoms in total. The summed E-state index contributed by atoms with van der Waals surface area (Å²) in [6.45, 7) is 0. The lowest BCUT2D eigenvalue weighted by molar-refractivity contribution is -0.385. The van der Waals surface area contributed by atoms with Crippen LogP contribution in [0.5, 0.6) is 5.75 Å². The van der Waals surface area contributed by atoms with Gasteiger partial charge in [-0.1, -0.05) is 11.6 Å². The third kappa shape index (κ3) is 3.35. The van der Waals surface area contributed by atoms with Gasteiger partial charge in [0.15, 0.2) is 0 Å². The van der Waals surface area contributed by atoms with Gasteiger partial charge >= 0.3 is 5.69 Å². The van der Waals surface area contributed by atoms with E-state index < -0.39 is 27.2 Å². The summed E-state index contributed by atoms with van der Waals surface area (Å²) in [4.78, 5) is 32.0. The molecule has 0 atom stereocenters. The highest BCUT2D eigenvalue weighted by molar-refractivity contribution is 6.33. The summed E-state index contributed by atoms with van der Waals surface area (Å²) >= 11 is 5.61. The van der Waals surface area contributed by atoms with Gasteiger partial charge in [0.2, 0.25) is 5.75 Å².